The summed E-state index contributed by atoms with van der Waals surface area (Å²) in [6.07, 6.45) is 2.40. The molecule has 1 atom stereocenters. The molecule has 5 nitrogen and oxygen atoms in total. The summed E-state index contributed by atoms with van der Waals surface area (Å²) in [4.78, 5) is 26.5. The van der Waals surface area contributed by atoms with Gasteiger partial charge in [0.15, 0.2) is 5.76 Å². The second-order valence-corrected chi connectivity index (χ2v) is 7.57. The fourth-order valence-electron chi connectivity index (χ4n) is 3.21. The van der Waals surface area contributed by atoms with Crippen molar-refractivity contribution in [2.45, 2.75) is 18.7 Å². The van der Waals surface area contributed by atoms with E-state index in [1.54, 1.807) is 23.9 Å². The number of carbonyl (C=O) groups excluding carboxylic acids is 2. The number of hydrogen-bond donors (Lipinski definition) is 1. The Labute approximate surface area is 167 Å². The first-order valence-corrected chi connectivity index (χ1v) is 10.2. The lowest BCUT2D eigenvalue weighted by atomic mass is 10.1. The number of furan rings is 1. The average molecular weight is 392 g/mol. The molecule has 2 amide bonds. The molecule has 0 bridgehead atoms. The fraction of sp³-hybridized carbons (Fsp3) is 0.182. The van der Waals surface area contributed by atoms with Crippen LogP contribution in [0, 0.1) is 0 Å². The molecule has 0 aliphatic carbocycles. The van der Waals surface area contributed by atoms with Gasteiger partial charge in [-0.15, -0.1) is 11.8 Å². The van der Waals surface area contributed by atoms with Crippen LogP contribution in [0.15, 0.2) is 71.3 Å². The minimum absolute atomic E-state index is 0.0746. The molecular weight excluding hydrogens is 372 g/mol. The Morgan fingerprint density at radius 1 is 1.18 bits per heavy atom. The lowest BCUT2D eigenvalue weighted by molar-refractivity contribution is -0.115. The molecule has 2 aromatic carbocycles. The topological polar surface area (TPSA) is 62.6 Å². The van der Waals surface area contributed by atoms with Crippen molar-refractivity contribution in [2.24, 2.45) is 0 Å². The summed E-state index contributed by atoms with van der Waals surface area (Å²) < 4.78 is 5.11. The zero-order valence-electron chi connectivity index (χ0n) is 15.4. The average Bonchev–Trinajstić information content (AvgIpc) is 3.39. The summed E-state index contributed by atoms with van der Waals surface area (Å²) in [6, 6.07) is 19.0. The molecule has 1 unspecified atom stereocenters. The predicted octanol–water partition coefficient (Wildman–Crippen LogP) is 4.87. The molecule has 1 saturated heterocycles. The Kier molecular flexibility index (Phi) is 5.21. The van der Waals surface area contributed by atoms with Crippen molar-refractivity contribution in [3.63, 3.8) is 0 Å². The molecule has 0 spiro atoms. The van der Waals surface area contributed by atoms with Crippen molar-refractivity contribution in [3.8, 4) is 0 Å². The van der Waals surface area contributed by atoms with Crippen LogP contribution in [0.4, 0.5) is 11.4 Å². The number of thioether (sulfide) groups is 1. The van der Waals surface area contributed by atoms with E-state index in [0.717, 1.165) is 17.7 Å². The molecule has 1 fully saturated rings. The Bertz CT molecular complexity index is 983. The number of nitrogens with zero attached hydrogens (tertiary/aromatic N) is 1. The van der Waals surface area contributed by atoms with E-state index >= 15 is 0 Å². The highest BCUT2D eigenvalue weighted by Crippen LogP contribution is 2.42. The van der Waals surface area contributed by atoms with Gasteiger partial charge in [-0.1, -0.05) is 31.2 Å². The zero-order valence-corrected chi connectivity index (χ0v) is 16.2. The molecule has 4 rings (SSSR count). The van der Waals surface area contributed by atoms with Crippen LogP contribution in [0.3, 0.4) is 0 Å². The van der Waals surface area contributed by atoms with Crippen molar-refractivity contribution >= 4 is 35.0 Å². The molecule has 1 aliphatic rings. The van der Waals surface area contributed by atoms with E-state index in [4.69, 9.17) is 4.42 Å². The summed E-state index contributed by atoms with van der Waals surface area (Å²) in [6.45, 7) is 2.10. The van der Waals surface area contributed by atoms with Gasteiger partial charge in [-0.05, 0) is 53.9 Å². The van der Waals surface area contributed by atoms with Crippen molar-refractivity contribution in [2.75, 3.05) is 16.0 Å². The normalized spacial score (nSPS) is 16.4. The van der Waals surface area contributed by atoms with Gasteiger partial charge in [-0.2, -0.15) is 0 Å². The van der Waals surface area contributed by atoms with Gasteiger partial charge in [0.25, 0.3) is 5.91 Å². The van der Waals surface area contributed by atoms with Gasteiger partial charge in [0.2, 0.25) is 5.91 Å². The maximum Gasteiger partial charge on any atom is 0.291 e. The summed E-state index contributed by atoms with van der Waals surface area (Å²) >= 11 is 1.61. The van der Waals surface area contributed by atoms with E-state index in [2.05, 4.69) is 24.4 Å². The number of hydrogen-bond acceptors (Lipinski definition) is 4. The van der Waals surface area contributed by atoms with Gasteiger partial charge < -0.3 is 9.73 Å². The highest BCUT2D eigenvalue weighted by molar-refractivity contribution is 8.00. The summed E-state index contributed by atoms with van der Waals surface area (Å²) in [5.41, 5.74) is 3.83. The van der Waals surface area contributed by atoms with Crippen molar-refractivity contribution in [1.82, 2.24) is 0 Å². The number of nitrogens with one attached hydrogen (secondary N) is 1. The molecule has 1 aromatic heterocycles. The molecule has 0 radical (unpaired) electrons. The smallest absolute Gasteiger partial charge is 0.291 e. The van der Waals surface area contributed by atoms with E-state index in [9.17, 15) is 9.59 Å². The number of benzene rings is 2. The van der Waals surface area contributed by atoms with Crippen molar-refractivity contribution < 1.29 is 14.0 Å². The standard InChI is InChI=1S/C22H20N2O3S/c1-2-15-5-3-6-18(13-15)24-20(25)14-28-22(24)16-8-10-17(11-9-16)23-21(26)19-7-4-12-27-19/h3-13,22H,2,14H2,1H3,(H,23,26). The Morgan fingerprint density at radius 2 is 2.00 bits per heavy atom. The van der Waals surface area contributed by atoms with Gasteiger partial charge in [-0.25, -0.2) is 0 Å². The van der Waals surface area contributed by atoms with Gasteiger partial charge in [-0.3, -0.25) is 14.5 Å². The third kappa shape index (κ3) is 3.68. The Balaban J connectivity index is 1.54. The van der Waals surface area contributed by atoms with Gasteiger partial charge >= 0.3 is 0 Å². The number of amides is 2. The molecule has 3 aromatic rings. The molecule has 28 heavy (non-hydrogen) atoms. The fourth-order valence-corrected chi connectivity index (χ4v) is 4.39. The van der Waals surface area contributed by atoms with E-state index < -0.39 is 0 Å². The third-order valence-corrected chi connectivity index (χ3v) is 5.88. The molecule has 142 valence electrons. The van der Waals surface area contributed by atoms with Crippen molar-refractivity contribution in [1.29, 1.82) is 0 Å². The van der Waals surface area contributed by atoms with Crippen molar-refractivity contribution in [3.05, 3.63) is 83.8 Å². The first-order valence-electron chi connectivity index (χ1n) is 9.13. The minimum Gasteiger partial charge on any atom is -0.459 e. The molecule has 1 aliphatic heterocycles. The van der Waals surface area contributed by atoms with Crippen LogP contribution in [0.1, 0.15) is 34.0 Å². The quantitative estimate of drug-likeness (QED) is 0.673. The first-order chi connectivity index (χ1) is 13.7. The molecule has 1 N–H and O–H groups in total. The predicted molar refractivity (Wildman–Crippen MR) is 112 cm³/mol. The lowest BCUT2D eigenvalue weighted by Gasteiger charge is -2.25. The largest absolute Gasteiger partial charge is 0.459 e. The van der Waals surface area contributed by atoms with Gasteiger partial charge in [0, 0.05) is 11.4 Å². The number of rotatable bonds is 5. The number of carbonyl (C=O) groups is 2. The molecule has 0 saturated carbocycles. The van der Waals surface area contributed by atoms with Crippen LogP contribution in [0.2, 0.25) is 0 Å². The second kappa shape index (κ2) is 7.94. The zero-order chi connectivity index (χ0) is 19.5. The van der Waals surface area contributed by atoms with Crippen LogP contribution < -0.4 is 10.2 Å². The minimum atomic E-state index is -0.291. The van der Waals surface area contributed by atoms with E-state index in [0.29, 0.717) is 11.4 Å². The lowest BCUT2D eigenvalue weighted by Crippen LogP contribution is -2.27. The van der Waals surface area contributed by atoms with Gasteiger partial charge in [0.05, 0.1) is 12.0 Å². The van der Waals surface area contributed by atoms with Gasteiger partial charge in [0.1, 0.15) is 5.37 Å². The maximum atomic E-state index is 12.5. The van der Waals surface area contributed by atoms with Crippen LogP contribution in [0.5, 0.6) is 0 Å². The SMILES string of the molecule is CCc1cccc(N2C(=O)CSC2c2ccc(NC(=O)c3ccco3)cc2)c1. The maximum absolute atomic E-state index is 12.5. The molecule has 6 heteroatoms. The van der Waals surface area contributed by atoms with Crippen LogP contribution in [-0.4, -0.2) is 17.6 Å². The number of anilines is 2. The first kappa shape index (κ1) is 18.4. The number of aryl methyl sites for hydroxylation is 1. The third-order valence-electron chi connectivity index (χ3n) is 4.66. The second-order valence-electron chi connectivity index (χ2n) is 6.50. The highest BCUT2D eigenvalue weighted by atomic mass is 32.2. The monoisotopic (exact) mass is 392 g/mol. The van der Waals surface area contributed by atoms with E-state index in [1.165, 1.54) is 11.8 Å². The summed E-state index contributed by atoms with van der Waals surface area (Å²) in [5.74, 6) is 0.542. The molecular formula is C22H20N2O3S. The molecule has 2 heterocycles. The summed E-state index contributed by atoms with van der Waals surface area (Å²) in [5, 5.41) is 2.73. The van der Waals surface area contributed by atoms with Crippen LogP contribution >= 0.6 is 11.8 Å². The highest BCUT2D eigenvalue weighted by Gasteiger charge is 2.34. The summed E-state index contributed by atoms with van der Waals surface area (Å²) in [7, 11) is 0. The van der Waals surface area contributed by atoms with Crippen LogP contribution in [-0.2, 0) is 11.2 Å². The van der Waals surface area contributed by atoms with E-state index in [-0.39, 0.29) is 22.9 Å². The van der Waals surface area contributed by atoms with Crippen LogP contribution in [0.25, 0.3) is 0 Å². The Morgan fingerprint density at radius 3 is 2.71 bits per heavy atom. The van der Waals surface area contributed by atoms with E-state index in [1.807, 2.05) is 41.3 Å². The Hall–Kier alpha value is -2.99.